The second-order valence-corrected chi connectivity index (χ2v) is 10.2. The van der Waals surface area contributed by atoms with Crippen LogP contribution in [-0.4, -0.2) is 30.6 Å². The summed E-state index contributed by atoms with van der Waals surface area (Å²) < 4.78 is 12.6. The second kappa shape index (κ2) is 10.2. The summed E-state index contributed by atoms with van der Waals surface area (Å²) in [5.74, 6) is 0.642. The van der Waals surface area contributed by atoms with Crippen LogP contribution >= 0.6 is 11.6 Å². The highest BCUT2D eigenvalue weighted by Gasteiger charge is 2.51. The molecular weight excluding hydrogens is 524 g/mol. The number of halogens is 1. The molecule has 0 spiro atoms. The third-order valence-electron chi connectivity index (χ3n) is 7.65. The van der Waals surface area contributed by atoms with Crippen molar-refractivity contribution in [1.29, 1.82) is 0 Å². The molecule has 4 aromatic carbocycles. The van der Waals surface area contributed by atoms with Crippen molar-refractivity contribution < 1.29 is 19.1 Å². The van der Waals surface area contributed by atoms with E-state index in [0.29, 0.717) is 16.3 Å². The molecule has 0 saturated carbocycles. The molecule has 7 heteroatoms. The van der Waals surface area contributed by atoms with Gasteiger partial charge < -0.3 is 14.4 Å². The first-order valence-corrected chi connectivity index (χ1v) is 13.3. The first-order chi connectivity index (χ1) is 19.4. The predicted molar refractivity (Wildman–Crippen MR) is 157 cm³/mol. The van der Waals surface area contributed by atoms with Crippen LogP contribution in [0.5, 0.6) is 11.5 Å². The second-order valence-electron chi connectivity index (χ2n) is 9.77. The molecule has 0 bridgehead atoms. The number of fused-ring (bicyclic) bond motifs is 1. The van der Waals surface area contributed by atoms with E-state index in [2.05, 4.69) is 0 Å². The lowest BCUT2D eigenvalue weighted by atomic mass is 9.76. The van der Waals surface area contributed by atoms with Crippen molar-refractivity contribution in [2.45, 2.75) is 18.9 Å². The molecular formula is C33H27ClN2O4. The Bertz CT molecular complexity index is 1730. The maximum atomic E-state index is 14.1. The van der Waals surface area contributed by atoms with Crippen molar-refractivity contribution in [3.8, 4) is 11.5 Å². The van der Waals surface area contributed by atoms with E-state index in [1.54, 1.807) is 43.1 Å². The van der Waals surface area contributed by atoms with Gasteiger partial charge in [-0.15, -0.1) is 0 Å². The number of amides is 1. The summed E-state index contributed by atoms with van der Waals surface area (Å²) in [6, 6.07) is 29.7. The molecule has 1 fully saturated rings. The highest BCUT2D eigenvalue weighted by Crippen LogP contribution is 2.52. The van der Waals surface area contributed by atoms with Gasteiger partial charge in [-0.3, -0.25) is 14.2 Å². The van der Waals surface area contributed by atoms with Gasteiger partial charge in [0.1, 0.15) is 11.5 Å². The van der Waals surface area contributed by atoms with Crippen LogP contribution in [0.2, 0.25) is 5.02 Å². The Kier molecular flexibility index (Phi) is 6.56. The molecule has 5 aromatic rings. The van der Waals surface area contributed by atoms with Crippen LogP contribution < -0.4 is 14.4 Å². The summed E-state index contributed by atoms with van der Waals surface area (Å²) in [5.41, 5.74) is 4.56. The Balaban J connectivity index is 1.54. The van der Waals surface area contributed by atoms with E-state index in [1.165, 1.54) is 0 Å². The highest BCUT2D eigenvalue weighted by atomic mass is 35.5. The number of hydrogen-bond donors (Lipinski definition) is 0. The molecule has 6 nitrogen and oxygen atoms in total. The van der Waals surface area contributed by atoms with Gasteiger partial charge in [-0.2, -0.15) is 0 Å². The summed E-state index contributed by atoms with van der Waals surface area (Å²) in [7, 11) is 3.22. The summed E-state index contributed by atoms with van der Waals surface area (Å²) in [5, 5.41) is 1.37. The number of ether oxygens (including phenoxy) is 2. The predicted octanol–water partition coefficient (Wildman–Crippen LogP) is 7.18. The van der Waals surface area contributed by atoms with Gasteiger partial charge in [0.05, 0.1) is 31.7 Å². The van der Waals surface area contributed by atoms with Crippen molar-refractivity contribution in [3.05, 3.63) is 124 Å². The van der Waals surface area contributed by atoms with Gasteiger partial charge in [-0.05, 0) is 84.8 Å². The first-order valence-electron chi connectivity index (χ1n) is 12.9. The number of methoxy groups -OCH3 is 2. The number of benzene rings is 4. The molecule has 0 radical (unpaired) electrons. The molecule has 2 atom stereocenters. The minimum atomic E-state index is -0.502. The highest BCUT2D eigenvalue weighted by molar-refractivity contribution is 6.30. The molecule has 2 heterocycles. The number of nitrogens with zero attached hydrogens (tertiary/aromatic N) is 2. The lowest BCUT2D eigenvalue weighted by Gasteiger charge is -2.48. The molecule has 6 rings (SSSR count). The van der Waals surface area contributed by atoms with Gasteiger partial charge >= 0.3 is 0 Å². The van der Waals surface area contributed by atoms with Crippen molar-refractivity contribution in [3.63, 3.8) is 0 Å². The van der Waals surface area contributed by atoms with Crippen LogP contribution in [-0.2, 0) is 4.79 Å². The van der Waals surface area contributed by atoms with E-state index >= 15 is 0 Å². The van der Waals surface area contributed by atoms with Gasteiger partial charge in [0.25, 0.3) is 5.91 Å². The average Bonchev–Trinajstić information content (AvgIpc) is 3.27. The summed E-state index contributed by atoms with van der Waals surface area (Å²) in [6.45, 7) is 1.90. The Labute approximate surface area is 237 Å². The van der Waals surface area contributed by atoms with E-state index in [0.717, 1.165) is 39.2 Å². The zero-order valence-electron chi connectivity index (χ0n) is 22.3. The molecule has 200 valence electrons. The van der Waals surface area contributed by atoms with Crippen LogP contribution in [0.1, 0.15) is 39.1 Å². The third kappa shape index (κ3) is 4.12. The minimum Gasteiger partial charge on any atom is -0.497 e. The molecule has 1 aromatic heterocycles. The fraction of sp³-hybridized carbons (Fsp3) is 0.152. The van der Waals surface area contributed by atoms with Gasteiger partial charge in [0.2, 0.25) is 5.91 Å². The van der Waals surface area contributed by atoms with Gasteiger partial charge in [0.15, 0.2) is 0 Å². The standard InChI is InChI=1S/C33H27ClN2O4/c1-20-29(27-19-26(40-3)17-18-28(27)35(20)32(37)22-9-11-23(34)12-10-22)30-31(21-7-5-4-6-8-21)36(33(30)38)24-13-15-25(39-2)16-14-24/h4-19,30-31H,1-3H3. The first kappa shape index (κ1) is 25.7. The number of carbonyl (C=O) groups excluding carboxylic acids is 2. The van der Waals surface area contributed by atoms with E-state index in [-0.39, 0.29) is 17.9 Å². The average molecular weight is 551 g/mol. The molecule has 40 heavy (non-hydrogen) atoms. The van der Waals surface area contributed by atoms with E-state index in [9.17, 15) is 9.59 Å². The quantitative estimate of drug-likeness (QED) is 0.210. The topological polar surface area (TPSA) is 60.8 Å². The van der Waals surface area contributed by atoms with Crippen LogP contribution in [0.4, 0.5) is 5.69 Å². The van der Waals surface area contributed by atoms with Crippen molar-refractivity contribution in [2.75, 3.05) is 19.1 Å². The monoisotopic (exact) mass is 550 g/mol. The number of rotatable bonds is 6. The lowest BCUT2D eigenvalue weighted by molar-refractivity contribution is -0.126. The smallest absolute Gasteiger partial charge is 0.262 e. The maximum Gasteiger partial charge on any atom is 0.262 e. The summed E-state index contributed by atoms with van der Waals surface area (Å²) >= 11 is 6.08. The van der Waals surface area contributed by atoms with Crippen LogP contribution in [0.25, 0.3) is 10.9 Å². The number of anilines is 1. The number of hydrogen-bond acceptors (Lipinski definition) is 4. The molecule has 2 unspecified atom stereocenters. The van der Waals surface area contributed by atoms with Crippen molar-refractivity contribution in [1.82, 2.24) is 4.57 Å². The SMILES string of the molecule is COc1ccc(N2C(=O)C(c3c(C)n(C(=O)c4ccc(Cl)cc4)c4ccc(OC)cc34)C2c2ccccc2)cc1. The summed E-state index contributed by atoms with van der Waals surface area (Å²) in [4.78, 5) is 29.8. The zero-order chi connectivity index (χ0) is 28.0. The Hall–Kier alpha value is -4.55. The normalized spacial score (nSPS) is 16.6. The minimum absolute atomic E-state index is 0.0390. The number of β-lactam (4-membered cyclic amide) rings is 1. The van der Waals surface area contributed by atoms with Gasteiger partial charge in [-0.1, -0.05) is 41.9 Å². The molecule has 1 aliphatic heterocycles. The van der Waals surface area contributed by atoms with Crippen LogP contribution in [0.3, 0.4) is 0 Å². The number of carbonyl (C=O) groups is 2. The lowest BCUT2D eigenvalue weighted by Crippen LogP contribution is -2.53. The Morgan fingerprint density at radius 2 is 1.48 bits per heavy atom. The third-order valence-corrected chi connectivity index (χ3v) is 7.91. The molecule has 1 saturated heterocycles. The largest absolute Gasteiger partial charge is 0.497 e. The molecule has 0 N–H and O–H groups in total. The van der Waals surface area contributed by atoms with E-state index in [1.807, 2.05) is 84.6 Å². The zero-order valence-corrected chi connectivity index (χ0v) is 23.1. The van der Waals surface area contributed by atoms with Crippen molar-refractivity contribution >= 4 is 40.0 Å². The van der Waals surface area contributed by atoms with Gasteiger partial charge in [-0.25, -0.2) is 0 Å². The summed E-state index contributed by atoms with van der Waals surface area (Å²) in [6.07, 6.45) is 0. The number of aromatic nitrogens is 1. The Morgan fingerprint density at radius 1 is 0.825 bits per heavy atom. The van der Waals surface area contributed by atoms with Crippen molar-refractivity contribution in [2.24, 2.45) is 0 Å². The molecule has 1 amide bonds. The van der Waals surface area contributed by atoms with E-state index < -0.39 is 5.92 Å². The fourth-order valence-corrected chi connectivity index (χ4v) is 5.84. The fourth-order valence-electron chi connectivity index (χ4n) is 5.72. The van der Waals surface area contributed by atoms with Crippen LogP contribution in [0.15, 0.2) is 97.1 Å². The van der Waals surface area contributed by atoms with E-state index in [4.69, 9.17) is 21.1 Å². The molecule has 1 aliphatic rings. The molecule has 0 aliphatic carbocycles. The van der Waals surface area contributed by atoms with Crippen LogP contribution in [0, 0.1) is 6.92 Å². The maximum absolute atomic E-state index is 14.1. The van der Waals surface area contributed by atoms with Gasteiger partial charge in [0, 0.05) is 27.4 Å². The Morgan fingerprint density at radius 3 is 2.12 bits per heavy atom.